The highest BCUT2D eigenvalue weighted by molar-refractivity contribution is 9.10. The summed E-state index contributed by atoms with van der Waals surface area (Å²) >= 11 is 16.1. The van der Waals surface area contributed by atoms with Gasteiger partial charge in [0.2, 0.25) is 0 Å². The van der Waals surface area contributed by atoms with Crippen LogP contribution in [0, 0.1) is 0 Å². The van der Waals surface area contributed by atoms with Gasteiger partial charge in [0.1, 0.15) is 10.6 Å². The van der Waals surface area contributed by atoms with E-state index in [-0.39, 0.29) is 14.9 Å². The van der Waals surface area contributed by atoms with Crippen LogP contribution >= 0.6 is 50.5 Å². The van der Waals surface area contributed by atoms with Crippen LogP contribution in [0.2, 0.25) is 10.0 Å². The lowest BCUT2D eigenvalue weighted by Crippen LogP contribution is -2.16. The highest BCUT2D eigenvalue weighted by Gasteiger charge is 2.26. The number of carbonyl (C=O) groups is 1. The number of sulfone groups is 1. The Morgan fingerprint density at radius 1 is 1.20 bits per heavy atom. The van der Waals surface area contributed by atoms with Gasteiger partial charge < -0.3 is 0 Å². The van der Waals surface area contributed by atoms with Crippen molar-refractivity contribution in [3.8, 4) is 0 Å². The molecule has 2 rings (SSSR count). The molecule has 3 nitrogen and oxygen atoms in total. The molecule has 1 aromatic heterocycles. The van der Waals surface area contributed by atoms with E-state index in [1.807, 2.05) is 0 Å². The summed E-state index contributed by atoms with van der Waals surface area (Å²) in [6.45, 7) is 0. The number of halogens is 3. The lowest BCUT2D eigenvalue weighted by molar-refractivity contribution is 0.102. The molecule has 1 heterocycles. The van der Waals surface area contributed by atoms with Gasteiger partial charge in [-0.2, -0.15) is 0 Å². The standard InChI is InChI=1S/C12H7BrCl2O3S2/c13-7-4-5-19-11(7)10(16)6-20(17,18)12-8(14)2-1-3-9(12)15/h1-5H,6H2. The van der Waals surface area contributed by atoms with E-state index in [1.54, 1.807) is 17.5 Å². The van der Waals surface area contributed by atoms with Crippen LogP contribution in [0.3, 0.4) is 0 Å². The minimum Gasteiger partial charge on any atom is -0.292 e. The molecule has 8 heteroatoms. The molecule has 0 saturated heterocycles. The maximum absolute atomic E-state index is 12.3. The van der Waals surface area contributed by atoms with Crippen molar-refractivity contribution in [1.82, 2.24) is 0 Å². The molecule has 0 amide bonds. The van der Waals surface area contributed by atoms with Crippen molar-refractivity contribution >= 4 is 66.1 Å². The molecular weight excluding hydrogens is 407 g/mol. The van der Waals surface area contributed by atoms with Crippen LogP contribution < -0.4 is 0 Å². The molecule has 0 spiro atoms. The fourth-order valence-electron chi connectivity index (χ4n) is 1.58. The number of thiophene rings is 1. The van der Waals surface area contributed by atoms with Crippen molar-refractivity contribution in [2.75, 3.05) is 5.75 Å². The molecule has 0 atom stereocenters. The van der Waals surface area contributed by atoms with Crippen LogP contribution in [0.25, 0.3) is 0 Å². The summed E-state index contributed by atoms with van der Waals surface area (Å²) < 4.78 is 25.2. The van der Waals surface area contributed by atoms with Crippen molar-refractivity contribution < 1.29 is 13.2 Å². The number of ketones is 1. The van der Waals surface area contributed by atoms with Gasteiger partial charge in [-0.15, -0.1) is 11.3 Å². The molecular formula is C12H7BrCl2O3S2. The maximum Gasteiger partial charge on any atom is 0.189 e. The normalized spacial score (nSPS) is 11.6. The molecule has 0 aliphatic carbocycles. The molecule has 0 N–H and O–H groups in total. The Morgan fingerprint density at radius 3 is 2.30 bits per heavy atom. The van der Waals surface area contributed by atoms with Crippen LogP contribution in [-0.4, -0.2) is 20.0 Å². The third-order valence-electron chi connectivity index (χ3n) is 2.42. The third-order valence-corrected chi connectivity index (χ3v) is 6.86. The summed E-state index contributed by atoms with van der Waals surface area (Å²) in [7, 11) is -3.89. The Labute approximate surface area is 138 Å². The third kappa shape index (κ3) is 3.26. The maximum atomic E-state index is 12.3. The summed E-state index contributed by atoms with van der Waals surface area (Å²) in [5, 5.41) is 1.72. The van der Waals surface area contributed by atoms with E-state index in [0.717, 1.165) is 0 Å². The smallest absolute Gasteiger partial charge is 0.189 e. The lowest BCUT2D eigenvalue weighted by atomic mass is 10.3. The second-order valence-electron chi connectivity index (χ2n) is 3.83. The van der Waals surface area contributed by atoms with Crippen molar-refractivity contribution in [2.45, 2.75) is 4.90 Å². The molecule has 0 aliphatic rings. The van der Waals surface area contributed by atoms with Gasteiger partial charge in [0, 0.05) is 4.47 Å². The van der Waals surface area contributed by atoms with Crippen molar-refractivity contribution in [1.29, 1.82) is 0 Å². The van der Waals surface area contributed by atoms with Gasteiger partial charge in [-0.1, -0.05) is 29.3 Å². The van der Waals surface area contributed by atoms with Crippen molar-refractivity contribution in [2.24, 2.45) is 0 Å². The largest absolute Gasteiger partial charge is 0.292 e. The fourth-order valence-corrected chi connectivity index (χ4v) is 5.67. The molecule has 0 radical (unpaired) electrons. The first-order chi connectivity index (χ1) is 9.33. The quantitative estimate of drug-likeness (QED) is 0.694. The van der Waals surface area contributed by atoms with E-state index >= 15 is 0 Å². The Morgan fingerprint density at radius 2 is 1.80 bits per heavy atom. The van der Waals surface area contributed by atoms with Crippen LogP contribution in [-0.2, 0) is 9.84 Å². The minimum atomic E-state index is -3.89. The SMILES string of the molecule is O=C(CS(=O)(=O)c1c(Cl)cccc1Cl)c1sccc1Br. The Hall–Kier alpha value is -0.400. The summed E-state index contributed by atoms with van der Waals surface area (Å²) in [6, 6.07) is 6.08. The van der Waals surface area contributed by atoms with Gasteiger partial charge in [-0.3, -0.25) is 4.79 Å². The van der Waals surface area contributed by atoms with Crippen LogP contribution in [0.4, 0.5) is 0 Å². The molecule has 2 aromatic rings. The van der Waals surface area contributed by atoms with Gasteiger partial charge in [-0.05, 0) is 39.5 Å². The Bertz CT molecular complexity index is 749. The highest BCUT2D eigenvalue weighted by atomic mass is 79.9. The number of rotatable bonds is 4. The first-order valence-corrected chi connectivity index (χ1v) is 9.34. The first-order valence-electron chi connectivity index (χ1n) is 5.26. The summed E-state index contributed by atoms with van der Waals surface area (Å²) in [5.41, 5.74) is 0. The van der Waals surface area contributed by atoms with Crippen LogP contribution in [0.5, 0.6) is 0 Å². The van der Waals surface area contributed by atoms with Gasteiger partial charge in [0.05, 0.1) is 14.9 Å². The Balaban J connectivity index is 2.38. The molecule has 20 heavy (non-hydrogen) atoms. The van der Waals surface area contributed by atoms with E-state index in [0.29, 0.717) is 9.35 Å². The zero-order chi connectivity index (χ0) is 14.9. The van der Waals surface area contributed by atoms with Crippen LogP contribution in [0.15, 0.2) is 39.0 Å². The van der Waals surface area contributed by atoms with Gasteiger partial charge >= 0.3 is 0 Å². The molecule has 1 aromatic carbocycles. The Kier molecular flexibility index (Phi) is 4.92. The number of carbonyl (C=O) groups excluding carboxylic acids is 1. The second kappa shape index (κ2) is 6.15. The average Bonchev–Trinajstić information content (AvgIpc) is 2.74. The zero-order valence-electron chi connectivity index (χ0n) is 9.77. The van der Waals surface area contributed by atoms with Gasteiger partial charge in [-0.25, -0.2) is 8.42 Å². The van der Waals surface area contributed by atoms with E-state index in [2.05, 4.69) is 15.9 Å². The van der Waals surface area contributed by atoms with E-state index in [4.69, 9.17) is 23.2 Å². The van der Waals surface area contributed by atoms with Crippen molar-refractivity contribution in [3.05, 3.63) is 49.0 Å². The van der Waals surface area contributed by atoms with E-state index < -0.39 is 21.4 Å². The summed E-state index contributed by atoms with van der Waals surface area (Å²) in [6.07, 6.45) is 0. The van der Waals surface area contributed by atoms with Gasteiger partial charge in [0.15, 0.2) is 15.6 Å². The topological polar surface area (TPSA) is 51.2 Å². The average molecular weight is 414 g/mol. The highest BCUT2D eigenvalue weighted by Crippen LogP contribution is 2.31. The number of Topliss-reactive ketones (excluding diaryl/α,β-unsaturated/α-hetero) is 1. The summed E-state index contributed by atoms with van der Waals surface area (Å²) in [4.78, 5) is 12.2. The predicted molar refractivity (Wildman–Crippen MR) is 84.9 cm³/mol. The van der Waals surface area contributed by atoms with E-state index in [1.165, 1.54) is 23.5 Å². The number of benzene rings is 1. The van der Waals surface area contributed by atoms with Crippen LogP contribution in [0.1, 0.15) is 9.67 Å². The summed E-state index contributed by atoms with van der Waals surface area (Å²) in [5.74, 6) is -1.17. The van der Waals surface area contributed by atoms with Crippen molar-refractivity contribution in [3.63, 3.8) is 0 Å². The first kappa shape index (κ1) is 16.0. The monoisotopic (exact) mass is 412 g/mol. The molecule has 0 aliphatic heterocycles. The molecule has 106 valence electrons. The molecule has 0 saturated carbocycles. The zero-order valence-corrected chi connectivity index (χ0v) is 14.5. The number of hydrogen-bond donors (Lipinski definition) is 0. The number of hydrogen-bond acceptors (Lipinski definition) is 4. The molecule has 0 unspecified atom stereocenters. The lowest BCUT2D eigenvalue weighted by Gasteiger charge is -2.07. The van der Waals surface area contributed by atoms with E-state index in [9.17, 15) is 13.2 Å². The van der Waals surface area contributed by atoms with Gasteiger partial charge in [0.25, 0.3) is 0 Å². The predicted octanol–water partition coefficient (Wildman–Crippen LogP) is 4.47. The minimum absolute atomic E-state index is 0.00976. The molecule has 0 bridgehead atoms. The fraction of sp³-hybridized carbons (Fsp3) is 0.0833. The molecule has 0 fully saturated rings. The second-order valence-corrected chi connectivity index (χ2v) is 8.34.